The largest absolute Gasteiger partial charge is 0.316 e. The molecule has 0 rings (SSSR count). The molecule has 0 saturated carbocycles. The van der Waals surface area contributed by atoms with E-state index in [2.05, 4.69) is 37.9 Å². The van der Waals surface area contributed by atoms with Gasteiger partial charge in [-0.15, -0.1) is 0 Å². The molecule has 0 aliphatic carbocycles. The SMILES string of the molecule is CCCCN(CCCC)CCCCNCC(C)C. The second-order valence-electron chi connectivity index (χ2n) is 5.85. The van der Waals surface area contributed by atoms with Crippen molar-refractivity contribution >= 4 is 0 Å². The number of nitrogens with zero attached hydrogens (tertiary/aromatic N) is 1. The van der Waals surface area contributed by atoms with Crippen LogP contribution in [0.25, 0.3) is 0 Å². The fourth-order valence-corrected chi connectivity index (χ4v) is 2.07. The Morgan fingerprint density at radius 3 is 1.89 bits per heavy atom. The summed E-state index contributed by atoms with van der Waals surface area (Å²) in [5.41, 5.74) is 0. The average Bonchev–Trinajstić information content (AvgIpc) is 2.35. The molecule has 0 heterocycles. The third kappa shape index (κ3) is 12.4. The summed E-state index contributed by atoms with van der Waals surface area (Å²) in [6.07, 6.45) is 8.02. The standard InChI is InChI=1S/C16H36N2/c1-5-7-12-18(13-8-6-2)14-10-9-11-17-15-16(3)4/h16-17H,5-15H2,1-4H3. The Morgan fingerprint density at radius 2 is 1.39 bits per heavy atom. The van der Waals surface area contributed by atoms with Crippen molar-refractivity contribution in [2.75, 3.05) is 32.7 Å². The summed E-state index contributed by atoms with van der Waals surface area (Å²) >= 11 is 0. The maximum absolute atomic E-state index is 3.53. The molecule has 0 aromatic carbocycles. The summed E-state index contributed by atoms with van der Waals surface area (Å²) in [7, 11) is 0. The minimum absolute atomic E-state index is 0.774. The first-order valence-electron chi connectivity index (χ1n) is 8.13. The number of nitrogens with one attached hydrogen (secondary N) is 1. The molecular formula is C16H36N2. The molecule has 110 valence electrons. The molecule has 0 atom stereocenters. The van der Waals surface area contributed by atoms with Crippen molar-refractivity contribution in [3.63, 3.8) is 0 Å². The highest BCUT2D eigenvalue weighted by atomic mass is 15.1. The van der Waals surface area contributed by atoms with E-state index in [0.717, 1.165) is 12.5 Å². The fraction of sp³-hybridized carbons (Fsp3) is 1.00. The monoisotopic (exact) mass is 256 g/mol. The van der Waals surface area contributed by atoms with Gasteiger partial charge in [-0.3, -0.25) is 0 Å². The van der Waals surface area contributed by atoms with Crippen molar-refractivity contribution in [2.45, 2.75) is 66.2 Å². The van der Waals surface area contributed by atoms with Gasteiger partial charge in [-0.1, -0.05) is 40.5 Å². The molecule has 0 aromatic heterocycles. The Bertz CT molecular complexity index is 149. The Hall–Kier alpha value is -0.0800. The van der Waals surface area contributed by atoms with Crippen LogP contribution in [-0.4, -0.2) is 37.6 Å². The van der Waals surface area contributed by atoms with Crippen LogP contribution in [0.4, 0.5) is 0 Å². The normalized spacial score (nSPS) is 11.7. The molecule has 0 bridgehead atoms. The zero-order chi connectivity index (χ0) is 13.6. The topological polar surface area (TPSA) is 15.3 Å². The molecule has 0 aliphatic rings. The number of hydrogen-bond acceptors (Lipinski definition) is 2. The van der Waals surface area contributed by atoms with Gasteiger partial charge >= 0.3 is 0 Å². The first-order valence-corrected chi connectivity index (χ1v) is 8.13. The first kappa shape index (κ1) is 17.9. The minimum atomic E-state index is 0.774. The second kappa shape index (κ2) is 13.4. The predicted molar refractivity (Wildman–Crippen MR) is 83.2 cm³/mol. The smallest absolute Gasteiger partial charge is 0.00183 e. The van der Waals surface area contributed by atoms with Gasteiger partial charge < -0.3 is 10.2 Å². The summed E-state index contributed by atoms with van der Waals surface area (Å²) < 4.78 is 0. The second-order valence-corrected chi connectivity index (χ2v) is 5.85. The van der Waals surface area contributed by atoms with E-state index in [-0.39, 0.29) is 0 Å². The van der Waals surface area contributed by atoms with Gasteiger partial charge in [-0.25, -0.2) is 0 Å². The maximum Gasteiger partial charge on any atom is -0.00183 e. The van der Waals surface area contributed by atoms with Gasteiger partial charge in [0.05, 0.1) is 0 Å². The molecule has 0 amide bonds. The van der Waals surface area contributed by atoms with E-state index in [0.29, 0.717) is 0 Å². The zero-order valence-corrected chi connectivity index (χ0v) is 13.3. The van der Waals surface area contributed by atoms with Gasteiger partial charge in [0, 0.05) is 0 Å². The van der Waals surface area contributed by atoms with Crippen LogP contribution in [0.15, 0.2) is 0 Å². The fourth-order valence-electron chi connectivity index (χ4n) is 2.07. The molecule has 0 radical (unpaired) electrons. The third-order valence-electron chi connectivity index (χ3n) is 3.29. The van der Waals surface area contributed by atoms with Crippen molar-refractivity contribution in [3.05, 3.63) is 0 Å². The van der Waals surface area contributed by atoms with Crippen LogP contribution in [0, 0.1) is 5.92 Å². The molecule has 0 aliphatic heterocycles. The molecule has 0 saturated heterocycles. The van der Waals surface area contributed by atoms with Crippen LogP contribution in [0.5, 0.6) is 0 Å². The van der Waals surface area contributed by atoms with Crippen molar-refractivity contribution in [1.82, 2.24) is 10.2 Å². The lowest BCUT2D eigenvalue weighted by Gasteiger charge is -2.21. The summed E-state index contributed by atoms with van der Waals surface area (Å²) in [6.45, 7) is 15.4. The lowest BCUT2D eigenvalue weighted by atomic mass is 10.2. The van der Waals surface area contributed by atoms with E-state index in [4.69, 9.17) is 0 Å². The highest BCUT2D eigenvalue weighted by Crippen LogP contribution is 2.02. The molecule has 0 aromatic rings. The van der Waals surface area contributed by atoms with E-state index in [9.17, 15) is 0 Å². The number of hydrogen-bond donors (Lipinski definition) is 1. The molecule has 18 heavy (non-hydrogen) atoms. The quantitative estimate of drug-likeness (QED) is 0.503. The van der Waals surface area contributed by atoms with Crippen LogP contribution >= 0.6 is 0 Å². The number of rotatable bonds is 13. The summed E-state index contributed by atoms with van der Waals surface area (Å²) in [6, 6.07) is 0. The van der Waals surface area contributed by atoms with Crippen LogP contribution in [0.3, 0.4) is 0 Å². The summed E-state index contributed by atoms with van der Waals surface area (Å²) in [5.74, 6) is 0.774. The van der Waals surface area contributed by atoms with Crippen molar-refractivity contribution in [2.24, 2.45) is 5.92 Å². The average molecular weight is 256 g/mol. The van der Waals surface area contributed by atoms with Gasteiger partial charge in [0.1, 0.15) is 0 Å². The van der Waals surface area contributed by atoms with E-state index in [1.165, 1.54) is 64.7 Å². The van der Waals surface area contributed by atoms with Crippen LogP contribution in [-0.2, 0) is 0 Å². The predicted octanol–water partition coefficient (Wildman–Crippen LogP) is 3.91. The first-order chi connectivity index (χ1) is 8.70. The Balaban J connectivity index is 3.49. The highest BCUT2D eigenvalue weighted by Gasteiger charge is 2.03. The van der Waals surface area contributed by atoms with E-state index < -0.39 is 0 Å². The minimum Gasteiger partial charge on any atom is -0.316 e. The Morgan fingerprint density at radius 1 is 0.833 bits per heavy atom. The van der Waals surface area contributed by atoms with Gasteiger partial charge in [0.2, 0.25) is 0 Å². The zero-order valence-electron chi connectivity index (χ0n) is 13.3. The van der Waals surface area contributed by atoms with Crippen molar-refractivity contribution in [1.29, 1.82) is 0 Å². The van der Waals surface area contributed by atoms with E-state index in [1.807, 2.05) is 0 Å². The Kier molecular flexibility index (Phi) is 13.3. The van der Waals surface area contributed by atoms with Gasteiger partial charge in [0.25, 0.3) is 0 Å². The molecule has 0 spiro atoms. The van der Waals surface area contributed by atoms with Crippen LogP contribution < -0.4 is 5.32 Å². The molecule has 2 heteroatoms. The third-order valence-corrected chi connectivity index (χ3v) is 3.29. The summed E-state index contributed by atoms with van der Waals surface area (Å²) in [5, 5.41) is 3.53. The Labute approximate surface area is 116 Å². The van der Waals surface area contributed by atoms with E-state index in [1.54, 1.807) is 0 Å². The van der Waals surface area contributed by atoms with Crippen LogP contribution in [0.1, 0.15) is 66.2 Å². The lowest BCUT2D eigenvalue weighted by molar-refractivity contribution is 0.259. The molecular weight excluding hydrogens is 220 g/mol. The highest BCUT2D eigenvalue weighted by molar-refractivity contribution is 4.59. The van der Waals surface area contributed by atoms with Gasteiger partial charge in [-0.2, -0.15) is 0 Å². The lowest BCUT2D eigenvalue weighted by Crippen LogP contribution is -2.28. The van der Waals surface area contributed by atoms with E-state index >= 15 is 0 Å². The van der Waals surface area contributed by atoms with Crippen LogP contribution in [0.2, 0.25) is 0 Å². The molecule has 1 N–H and O–H groups in total. The maximum atomic E-state index is 3.53. The van der Waals surface area contributed by atoms with Crippen molar-refractivity contribution in [3.8, 4) is 0 Å². The summed E-state index contributed by atoms with van der Waals surface area (Å²) in [4.78, 5) is 2.66. The molecule has 2 nitrogen and oxygen atoms in total. The van der Waals surface area contributed by atoms with Gasteiger partial charge in [0.15, 0.2) is 0 Å². The van der Waals surface area contributed by atoms with Crippen molar-refractivity contribution < 1.29 is 0 Å². The molecule has 0 unspecified atom stereocenters. The number of unbranched alkanes of at least 4 members (excludes halogenated alkanes) is 3. The van der Waals surface area contributed by atoms with Gasteiger partial charge in [-0.05, 0) is 64.3 Å². The molecule has 0 fully saturated rings.